The van der Waals surface area contributed by atoms with Crippen LogP contribution in [0.1, 0.15) is 32.4 Å². The van der Waals surface area contributed by atoms with Crippen LogP contribution in [0.5, 0.6) is 0 Å². The molecule has 0 saturated heterocycles. The molecule has 0 fully saturated rings. The summed E-state index contributed by atoms with van der Waals surface area (Å²) in [5.74, 6) is 0.0353. The van der Waals surface area contributed by atoms with E-state index in [1.54, 1.807) is 0 Å². The number of benzene rings is 1. The highest BCUT2D eigenvalue weighted by Gasteiger charge is 2.01. The van der Waals surface area contributed by atoms with Gasteiger partial charge in [0.2, 0.25) is 5.91 Å². The summed E-state index contributed by atoms with van der Waals surface area (Å²) >= 11 is 0. The topological polar surface area (TPSA) is 46.1 Å². The molecule has 0 atom stereocenters. The lowest BCUT2D eigenvalue weighted by atomic mass is 10.2. The number of aromatic nitrogens is 1. The van der Waals surface area contributed by atoms with Gasteiger partial charge in [0.15, 0.2) is 0 Å². The number of nitrogens with zero attached hydrogens (tertiary/aromatic N) is 1. The van der Waals surface area contributed by atoms with Crippen LogP contribution in [-0.4, -0.2) is 10.5 Å². The van der Waals surface area contributed by atoms with Crippen molar-refractivity contribution in [2.45, 2.75) is 39.8 Å². The molecule has 0 radical (unpaired) electrons. The third kappa shape index (κ3) is 4.38. The number of amides is 1. The monoisotopic (exact) mass is 285 g/mol. The Bertz CT molecular complexity index is 572. The molecule has 1 heterocycles. The Kier molecular flexibility index (Phi) is 5.43. The Morgan fingerprint density at radius 3 is 2.48 bits per heavy atom. The molecular weight excluding hydrogens is 262 g/mol. The second-order valence-corrected chi connectivity index (χ2v) is 5.03. The van der Waals surface area contributed by atoms with Crippen molar-refractivity contribution in [2.24, 2.45) is 0 Å². The van der Waals surface area contributed by atoms with E-state index in [1.165, 1.54) is 5.69 Å². The third-order valence-electron chi connectivity index (χ3n) is 3.35. The van der Waals surface area contributed by atoms with Crippen molar-refractivity contribution < 1.29 is 4.79 Å². The van der Waals surface area contributed by atoms with Crippen molar-refractivity contribution in [3.05, 3.63) is 48.3 Å². The zero-order valence-electron chi connectivity index (χ0n) is 12.7. The SMILES string of the molecule is CCCn1cccc1CNc1ccc(NC(=O)CC)cc1. The van der Waals surface area contributed by atoms with Crippen molar-refractivity contribution in [1.82, 2.24) is 4.57 Å². The lowest BCUT2D eigenvalue weighted by Gasteiger charge is -2.11. The highest BCUT2D eigenvalue weighted by molar-refractivity contribution is 5.90. The molecule has 0 spiro atoms. The number of nitrogens with one attached hydrogen (secondary N) is 2. The van der Waals surface area contributed by atoms with Crippen LogP contribution in [0.3, 0.4) is 0 Å². The molecule has 2 rings (SSSR count). The molecule has 0 saturated carbocycles. The number of rotatable bonds is 7. The maximum atomic E-state index is 11.3. The van der Waals surface area contributed by atoms with Crippen LogP contribution in [0.2, 0.25) is 0 Å². The van der Waals surface area contributed by atoms with E-state index in [2.05, 4.69) is 40.5 Å². The zero-order chi connectivity index (χ0) is 15.1. The average Bonchev–Trinajstić information content (AvgIpc) is 2.94. The van der Waals surface area contributed by atoms with E-state index in [-0.39, 0.29) is 5.91 Å². The van der Waals surface area contributed by atoms with Gasteiger partial charge in [0.1, 0.15) is 0 Å². The molecule has 112 valence electrons. The van der Waals surface area contributed by atoms with E-state index in [9.17, 15) is 4.79 Å². The third-order valence-corrected chi connectivity index (χ3v) is 3.35. The number of hydrogen-bond acceptors (Lipinski definition) is 2. The van der Waals surface area contributed by atoms with Crippen molar-refractivity contribution in [3.8, 4) is 0 Å². The Morgan fingerprint density at radius 2 is 1.81 bits per heavy atom. The molecule has 0 unspecified atom stereocenters. The summed E-state index contributed by atoms with van der Waals surface area (Å²) in [5, 5.41) is 6.25. The van der Waals surface area contributed by atoms with Crippen molar-refractivity contribution in [2.75, 3.05) is 10.6 Å². The highest BCUT2D eigenvalue weighted by atomic mass is 16.1. The van der Waals surface area contributed by atoms with Gasteiger partial charge in [-0.15, -0.1) is 0 Å². The van der Waals surface area contributed by atoms with Gasteiger partial charge in [-0.25, -0.2) is 0 Å². The molecule has 1 amide bonds. The summed E-state index contributed by atoms with van der Waals surface area (Å²) in [6.45, 7) is 5.87. The zero-order valence-corrected chi connectivity index (χ0v) is 12.7. The summed E-state index contributed by atoms with van der Waals surface area (Å²) in [4.78, 5) is 11.3. The van der Waals surface area contributed by atoms with E-state index in [1.807, 2.05) is 31.2 Å². The molecule has 21 heavy (non-hydrogen) atoms. The van der Waals surface area contributed by atoms with Crippen LogP contribution in [0, 0.1) is 0 Å². The summed E-state index contributed by atoms with van der Waals surface area (Å²) in [5.41, 5.74) is 3.16. The van der Waals surface area contributed by atoms with Gasteiger partial charge >= 0.3 is 0 Å². The van der Waals surface area contributed by atoms with Crippen LogP contribution in [0.15, 0.2) is 42.6 Å². The second kappa shape index (κ2) is 7.53. The summed E-state index contributed by atoms with van der Waals surface area (Å²) in [6.07, 6.45) is 3.74. The number of aryl methyl sites for hydroxylation is 1. The van der Waals surface area contributed by atoms with Crippen LogP contribution in [0.25, 0.3) is 0 Å². The van der Waals surface area contributed by atoms with Gasteiger partial charge in [-0.05, 0) is 42.8 Å². The average molecular weight is 285 g/mol. The van der Waals surface area contributed by atoms with Gasteiger partial charge in [-0.2, -0.15) is 0 Å². The number of hydrogen-bond donors (Lipinski definition) is 2. The van der Waals surface area contributed by atoms with E-state index >= 15 is 0 Å². The Hall–Kier alpha value is -2.23. The van der Waals surface area contributed by atoms with Crippen molar-refractivity contribution in [1.29, 1.82) is 0 Å². The second-order valence-electron chi connectivity index (χ2n) is 5.03. The molecule has 0 bridgehead atoms. The summed E-state index contributed by atoms with van der Waals surface area (Å²) in [7, 11) is 0. The normalized spacial score (nSPS) is 10.4. The van der Waals surface area contributed by atoms with E-state index in [4.69, 9.17) is 0 Å². The van der Waals surface area contributed by atoms with Crippen LogP contribution in [-0.2, 0) is 17.9 Å². The Labute approximate surface area is 126 Å². The van der Waals surface area contributed by atoms with Crippen LogP contribution >= 0.6 is 0 Å². The van der Waals surface area contributed by atoms with Gasteiger partial charge < -0.3 is 15.2 Å². The van der Waals surface area contributed by atoms with E-state index in [0.29, 0.717) is 6.42 Å². The van der Waals surface area contributed by atoms with Crippen LogP contribution < -0.4 is 10.6 Å². The first-order valence-electron chi connectivity index (χ1n) is 7.50. The van der Waals surface area contributed by atoms with Gasteiger partial charge in [-0.3, -0.25) is 4.79 Å². The quantitative estimate of drug-likeness (QED) is 0.811. The predicted octanol–water partition coefficient (Wildman–Crippen LogP) is 3.86. The molecule has 2 aromatic rings. The molecule has 4 heteroatoms. The lowest BCUT2D eigenvalue weighted by Crippen LogP contribution is -2.09. The Balaban J connectivity index is 1.91. The number of carbonyl (C=O) groups is 1. The first-order chi connectivity index (χ1) is 10.2. The minimum Gasteiger partial charge on any atom is -0.379 e. The molecule has 4 nitrogen and oxygen atoms in total. The largest absolute Gasteiger partial charge is 0.379 e. The van der Waals surface area contributed by atoms with E-state index < -0.39 is 0 Å². The summed E-state index contributed by atoms with van der Waals surface area (Å²) in [6, 6.07) is 12.0. The van der Waals surface area contributed by atoms with Gasteiger partial charge in [0.05, 0.1) is 6.54 Å². The first kappa shape index (κ1) is 15.2. The number of anilines is 2. The maximum Gasteiger partial charge on any atom is 0.224 e. The fraction of sp³-hybridized carbons (Fsp3) is 0.353. The van der Waals surface area contributed by atoms with Gasteiger partial charge in [0, 0.05) is 36.2 Å². The van der Waals surface area contributed by atoms with E-state index in [0.717, 1.165) is 30.9 Å². The molecule has 1 aromatic carbocycles. The molecule has 0 aliphatic heterocycles. The fourth-order valence-corrected chi connectivity index (χ4v) is 2.18. The molecule has 1 aromatic heterocycles. The maximum absolute atomic E-state index is 11.3. The van der Waals surface area contributed by atoms with Crippen molar-refractivity contribution in [3.63, 3.8) is 0 Å². The van der Waals surface area contributed by atoms with Crippen LogP contribution in [0.4, 0.5) is 11.4 Å². The highest BCUT2D eigenvalue weighted by Crippen LogP contribution is 2.15. The van der Waals surface area contributed by atoms with Crippen molar-refractivity contribution >= 4 is 17.3 Å². The molecule has 2 N–H and O–H groups in total. The minimum absolute atomic E-state index is 0.0353. The Morgan fingerprint density at radius 1 is 1.10 bits per heavy atom. The molecule has 0 aliphatic carbocycles. The summed E-state index contributed by atoms with van der Waals surface area (Å²) < 4.78 is 2.27. The standard InChI is InChI=1S/C17H23N3O/c1-3-11-20-12-5-6-16(20)13-18-14-7-9-15(10-8-14)19-17(21)4-2/h5-10,12,18H,3-4,11,13H2,1-2H3,(H,19,21). The predicted molar refractivity (Wildman–Crippen MR) is 87.4 cm³/mol. The lowest BCUT2D eigenvalue weighted by molar-refractivity contribution is -0.115. The fourth-order valence-electron chi connectivity index (χ4n) is 2.18. The van der Waals surface area contributed by atoms with Gasteiger partial charge in [-0.1, -0.05) is 13.8 Å². The first-order valence-corrected chi connectivity index (χ1v) is 7.50. The molecular formula is C17H23N3O. The minimum atomic E-state index is 0.0353. The molecule has 0 aliphatic rings. The number of carbonyl (C=O) groups excluding carboxylic acids is 1. The van der Waals surface area contributed by atoms with Gasteiger partial charge in [0.25, 0.3) is 0 Å². The smallest absolute Gasteiger partial charge is 0.224 e.